The summed E-state index contributed by atoms with van der Waals surface area (Å²) in [6.07, 6.45) is 0. The molecule has 0 bridgehead atoms. The predicted molar refractivity (Wildman–Crippen MR) is 238 cm³/mol. The fourth-order valence-electron chi connectivity index (χ4n) is 11.1. The summed E-state index contributed by atoms with van der Waals surface area (Å²) in [7, 11) is 0. The Bertz CT molecular complexity index is 2650. The van der Waals surface area contributed by atoms with Crippen molar-refractivity contribution >= 4 is 17.1 Å². The van der Waals surface area contributed by atoms with E-state index in [1.54, 1.807) is 0 Å². The molecule has 0 aliphatic heterocycles. The molecule has 0 radical (unpaired) electrons. The zero-order chi connectivity index (χ0) is 38.9. The number of nitrogens with zero attached hydrogens (tertiary/aromatic N) is 1. The van der Waals surface area contributed by atoms with E-state index in [2.05, 4.69) is 213 Å². The molecule has 1 heteroatoms. The second-order valence-corrected chi connectivity index (χ2v) is 18.9. The molecule has 3 aliphatic rings. The first kappa shape index (κ1) is 34.8. The molecule has 0 unspecified atom stereocenters. The summed E-state index contributed by atoms with van der Waals surface area (Å²) in [4.78, 5) is 2.70. The largest absolute Gasteiger partial charge is 0.310 e. The average Bonchev–Trinajstić information content (AvgIpc) is 3.68. The Balaban J connectivity index is 1.40. The molecule has 0 spiro atoms. The molecule has 0 saturated carbocycles. The van der Waals surface area contributed by atoms with E-state index in [4.69, 9.17) is 0 Å². The lowest BCUT2D eigenvalue weighted by Gasteiger charge is -2.41. The van der Waals surface area contributed by atoms with Crippen molar-refractivity contribution in [3.63, 3.8) is 0 Å². The summed E-state index contributed by atoms with van der Waals surface area (Å²) in [5.41, 5.74) is 23.5. The molecule has 0 N–H and O–H groups in total. The van der Waals surface area contributed by atoms with Gasteiger partial charge in [-0.15, -0.1) is 0 Å². The molecule has 3 aliphatic carbocycles. The van der Waals surface area contributed by atoms with Crippen molar-refractivity contribution in [2.45, 2.75) is 84.0 Å². The van der Waals surface area contributed by atoms with Gasteiger partial charge in [-0.3, -0.25) is 0 Å². The fourth-order valence-corrected chi connectivity index (χ4v) is 11.1. The molecule has 276 valence electrons. The van der Waals surface area contributed by atoms with Gasteiger partial charge in [-0.1, -0.05) is 190 Å². The molecule has 0 amide bonds. The van der Waals surface area contributed by atoms with E-state index in [1.807, 2.05) is 0 Å². The van der Waals surface area contributed by atoms with Crippen molar-refractivity contribution in [2.24, 2.45) is 0 Å². The van der Waals surface area contributed by atoms with Gasteiger partial charge >= 0.3 is 0 Å². The standard InChI is InChI=1S/C55H51N/c1-52(2,3)48-45-39-23-14-17-27-42(39)54(6,7)49(45)51(50-46(48)40-24-15-18-28-43(40)55(50,8)9)56(36-32-30-35(31-33-36)34-20-11-10-12-21-34)44-29-19-25-38-37-22-13-16-26-41(37)53(4,5)47(38)44/h10-33H,1-9H3. The van der Waals surface area contributed by atoms with E-state index in [-0.39, 0.29) is 21.7 Å². The lowest BCUT2D eigenvalue weighted by atomic mass is 9.70. The summed E-state index contributed by atoms with van der Waals surface area (Å²) in [5.74, 6) is 0. The number of fused-ring (bicyclic) bond motifs is 9. The van der Waals surface area contributed by atoms with Gasteiger partial charge in [-0.25, -0.2) is 0 Å². The molecular formula is C55H51N. The summed E-state index contributed by atoms with van der Waals surface area (Å²) < 4.78 is 0. The Morgan fingerprint density at radius 2 is 0.821 bits per heavy atom. The number of hydrogen-bond acceptors (Lipinski definition) is 1. The minimum atomic E-state index is -0.264. The Morgan fingerprint density at radius 3 is 1.36 bits per heavy atom. The highest BCUT2D eigenvalue weighted by Crippen LogP contribution is 2.66. The summed E-state index contributed by atoms with van der Waals surface area (Å²) in [6, 6.07) is 54.8. The van der Waals surface area contributed by atoms with Crippen molar-refractivity contribution in [2.75, 3.05) is 4.90 Å². The molecule has 0 atom stereocenters. The van der Waals surface area contributed by atoms with Gasteiger partial charge in [0.15, 0.2) is 0 Å². The van der Waals surface area contributed by atoms with E-state index in [1.165, 1.54) is 101 Å². The Hall–Kier alpha value is -5.66. The summed E-state index contributed by atoms with van der Waals surface area (Å²) in [5, 5.41) is 0. The molecule has 56 heavy (non-hydrogen) atoms. The van der Waals surface area contributed by atoms with Crippen LogP contribution >= 0.6 is 0 Å². The maximum atomic E-state index is 2.70. The van der Waals surface area contributed by atoms with E-state index in [9.17, 15) is 0 Å². The van der Waals surface area contributed by atoms with Crippen LogP contribution in [0.2, 0.25) is 0 Å². The van der Waals surface area contributed by atoms with Crippen LogP contribution in [0.5, 0.6) is 0 Å². The smallest absolute Gasteiger partial charge is 0.0556 e. The quantitative estimate of drug-likeness (QED) is 0.175. The molecule has 0 heterocycles. The minimum Gasteiger partial charge on any atom is -0.310 e. The first-order valence-electron chi connectivity index (χ1n) is 20.4. The van der Waals surface area contributed by atoms with Crippen LogP contribution < -0.4 is 4.90 Å². The van der Waals surface area contributed by atoms with Crippen molar-refractivity contribution in [1.29, 1.82) is 0 Å². The highest BCUT2D eigenvalue weighted by molar-refractivity contribution is 6.04. The molecular weight excluding hydrogens is 675 g/mol. The summed E-state index contributed by atoms with van der Waals surface area (Å²) >= 11 is 0. The van der Waals surface area contributed by atoms with Crippen LogP contribution in [0.4, 0.5) is 17.1 Å². The number of hydrogen-bond donors (Lipinski definition) is 0. The normalized spacial score (nSPS) is 16.0. The van der Waals surface area contributed by atoms with Crippen LogP contribution in [0, 0.1) is 0 Å². The molecule has 0 aromatic heterocycles. The first-order valence-corrected chi connectivity index (χ1v) is 20.4. The van der Waals surface area contributed by atoms with Gasteiger partial charge in [0.05, 0.1) is 11.4 Å². The van der Waals surface area contributed by atoms with Gasteiger partial charge in [0.2, 0.25) is 0 Å². The van der Waals surface area contributed by atoms with Gasteiger partial charge in [0.1, 0.15) is 0 Å². The van der Waals surface area contributed by atoms with Crippen LogP contribution in [0.25, 0.3) is 44.5 Å². The number of rotatable bonds is 4. The summed E-state index contributed by atoms with van der Waals surface area (Å²) in [6.45, 7) is 22.0. The van der Waals surface area contributed by atoms with Gasteiger partial charge in [0, 0.05) is 21.9 Å². The van der Waals surface area contributed by atoms with E-state index in [0.29, 0.717) is 0 Å². The van der Waals surface area contributed by atoms with Crippen LogP contribution in [0.3, 0.4) is 0 Å². The van der Waals surface area contributed by atoms with Gasteiger partial charge < -0.3 is 4.90 Å². The Morgan fingerprint density at radius 1 is 0.393 bits per heavy atom. The van der Waals surface area contributed by atoms with Crippen molar-refractivity contribution in [3.8, 4) is 44.5 Å². The van der Waals surface area contributed by atoms with Crippen LogP contribution in [0.15, 0.2) is 146 Å². The second-order valence-electron chi connectivity index (χ2n) is 18.9. The fraction of sp³-hybridized carbons (Fsp3) is 0.236. The monoisotopic (exact) mass is 725 g/mol. The topological polar surface area (TPSA) is 3.24 Å². The SMILES string of the molecule is CC(C)(C)c1c2c(c(N(c3ccc(-c4ccccc4)cc3)c3cccc4c3C(C)(C)c3ccccc3-4)c3c1-c1ccccc1C3(C)C)C(C)(C)c1ccccc1-2. The average molecular weight is 726 g/mol. The molecule has 0 saturated heterocycles. The lowest BCUT2D eigenvalue weighted by Crippen LogP contribution is -2.29. The third-order valence-electron chi connectivity index (χ3n) is 13.5. The highest BCUT2D eigenvalue weighted by atomic mass is 15.2. The number of anilines is 3. The molecule has 1 nitrogen and oxygen atoms in total. The predicted octanol–water partition coefficient (Wildman–Crippen LogP) is 15.0. The Kier molecular flexibility index (Phi) is 7.26. The van der Waals surface area contributed by atoms with Crippen LogP contribution in [-0.4, -0.2) is 0 Å². The number of benzene rings is 7. The lowest BCUT2D eigenvalue weighted by molar-refractivity contribution is 0.587. The van der Waals surface area contributed by atoms with Gasteiger partial charge in [-0.2, -0.15) is 0 Å². The molecule has 7 aromatic carbocycles. The first-order chi connectivity index (χ1) is 26.7. The minimum absolute atomic E-state index is 0.118. The van der Waals surface area contributed by atoms with E-state index >= 15 is 0 Å². The third-order valence-corrected chi connectivity index (χ3v) is 13.5. The zero-order valence-corrected chi connectivity index (χ0v) is 34.3. The molecule has 10 rings (SSSR count). The maximum absolute atomic E-state index is 2.70. The van der Waals surface area contributed by atoms with Crippen LogP contribution in [0.1, 0.15) is 101 Å². The molecule has 0 fully saturated rings. The molecule has 7 aromatic rings. The van der Waals surface area contributed by atoms with Crippen molar-refractivity contribution in [3.05, 3.63) is 185 Å². The van der Waals surface area contributed by atoms with E-state index in [0.717, 1.165) is 0 Å². The van der Waals surface area contributed by atoms with Crippen LogP contribution in [-0.2, 0) is 21.7 Å². The third kappa shape index (κ3) is 4.61. The Labute approximate surface area is 333 Å². The highest BCUT2D eigenvalue weighted by Gasteiger charge is 2.51. The van der Waals surface area contributed by atoms with E-state index < -0.39 is 0 Å². The van der Waals surface area contributed by atoms with Crippen molar-refractivity contribution < 1.29 is 0 Å². The second kappa shape index (κ2) is 11.7. The van der Waals surface area contributed by atoms with Gasteiger partial charge in [0.25, 0.3) is 0 Å². The maximum Gasteiger partial charge on any atom is 0.0556 e. The van der Waals surface area contributed by atoms with Crippen molar-refractivity contribution in [1.82, 2.24) is 0 Å². The van der Waals surface area contributed by atoms with Gasteiger partial charge in [-0.05, 0) is 107 Å². The zero-order valence-electron chi connectivity index (χ0n) is 34.3.